The Morgan fingerprint density at radius 3 is 2.76 bits per heavy atom. The Balaban J connectivity index is 2.64. The first kappa shape index (κ1) is 14.1. The molecule has 1 heterocycles. The lowest BCUT2D eigenvalue weighted by Gasteiger charge is -2.12. The number of aliphatic hydroxyl groups is 2. The zero-order valence-electron chi connectivity index (χ0n) is 9.92. The number of methoxy groups -OCH3 is 2. The minimum absolute atomic E-state index is 0.227. The molecule has 1 atom stereocenters. The van der Waals surface area contributed by atoms with Crippen LogP contribution in [-0.2, 0) is 5.75 Å². The van der Waals surface area contributed by atoms with Crippen molar-refractivity contribution in [1.82, 2.24) is 4.98 Å². The molecule has 0 aliphatic heterocycles. The zero-order chi connectivity index (χ0) is 12.7. The van der Waals surface area contributed by atoms with E-state index in [2.05, 4.69) is 4.98 Å². The predicted octanol–water partition coefficient (Wildman–Crippen LogP) is 0.685. The fourth-order valence-corrected chi connectivity index (χ4v) is 2.19. The van der Waals surface area contributed by atoms with Crippen molar-refractivity contribution in [2.75, 3.05) is 26.6 Å². The van der Waals surface area contributed by atoms with Gasteiger partial charge in [0.25, 0.3) is 0 Å². The Morgan fingerprint density at radius 2 is 2.18 bits per heavy atom. The summed E-state index contributed by atoms with van der Waals surface area (Å²) in [7, 11) is 3.14. The highest BCUT2D eigenvalue weighted by atomic mass is 32.2. The Hall–Kier alpha value is -0.980. The van der Waals surface area contributed by atoms with Crippen LogP contribution >= 0.6 is 11.8 Å². The third kappa shape index (κ3) is 4.07. The van der Waals surface area contributed by atoms with E-state index in [0.717, 1.165) is 5.69 Å². The van der Waals surface area contributed by atoms with Crippen molar-refractivity contribution >= 4 is 11.8 Å². The van der Waals surface area contributed by atoms with E-state index in [1.54, 1.807) is 26.5 Å². The van der Waals surface area contributed by atoms with Crippen LogP contribution in [0, 0.1) is 0 Å². The molecule has 96 valence electrons. The molecule has 1 aromatic rings. The van der Waals surface area contributed by atoms with E-state index in [4.69, 9.17) is 14.6 Å². The molecular formula is C11H17NO4S. The molecule has 1 unspecified atom stereocenters. The molecule has 0 aromatic carbocycles. The van der Waals surface area contributed by atoms with Gasteiger partial charge in [-0.05, 0) is 0 Å². The van der Waals surface area contributed by atoms with Gasteiger partial charge in [0.2, 0.25) is 0 Å². The number of aromatic nitrogens is 1. The highest BCUT2D eigenvalue weighted by molar-refractivity contribution is 7.98. The van der Waals surface area contributed by atoms with Gasteiger partial charge in [0.15, 0.2) is 11.5 Å². The summed E-state index contributed by atoms with van der Waals surface area (Å²) >= 11 is 1.48. The monoisotopic (exact) mass is 259 g/mol. The van der Waals surface area contributed by atoms with E-state index in [0.29, 0.717) is 23.0 Å². The first-order valence-corrected chi connectivity index (χ1v) is 6.31. The maximum Gasteiger partial charge on any atom is 0.183 e. The summed E-state index contributed by atoms with van der Waals surface area (Å²) in [5, 5.41) is 17.9. The summed E-state index contributed by atoms with van der Waals surface area (Å²) in [6, 6.07) is 1.73. The predicted molar refractivity (Wildman–Crippen MR) is 66.6 cm³/mol. The third-order valence-electron chi connectivity index (χ3n) is 2.13. The van der Waals surface area contributed by atoms with Crippen molar-refractivity contribution < 1.29 is 19.7 Å². The zero-order valence-corrected chi connectivity index (χ0v) is 10.7. The second-order valence-corrected chi connectivity index (χ2v) is 4.37. The number of ether oxygens (including phenoxy) is 2. The standard InChI is InChI=1S/C11H17NO4S/c1-15-10-3-4-12-9(11(10)16-2)7-17-6-8(14)5-13/h3-4,8,13-14H,5-7H2,1-2H3. The summed E-state index contributed by atoms with van der Waals surface area (Å²) in [6.07, 6.45) is 0.955. The first-order valence-electron chi connectivity index (χ1n) is 5.15. The minimum atomic E-state index is -0.698. The highest BCUT2D eigenvalue weighted by Gasteiger charge is 2.11. The van der Waals surface area contributed by atoms with Crippen LogP contribution in [-0.4, -0.2) is 47.9 Å². The van der Waals surface area contributed by atoms with Gasteiger partial charge in [-0.1, -0.05) is 0 Å². The van der Waals surface area contributed by atoms with Gasteiger partial charge in [-0.25, -0.2) is 0 Å². The fraction of sp³-hybridized carbons (Fsp3) is 0.545. The number of hydrogen-bond donors (Lipinski definition) is 2. The average molecular weight is 259 g/mol. The van der Waals surface area contributed by atoms with Crippen LogP contribution in [0.25, 0.3) is 0 Å². The van der Waals surface area contributed by atoms with Gasteiger partial charge in [0, 0.05) is 23.8 Å². The van der Waals surface area contributed by atoms with Gasteiger partial charge in [0.05, 0.1) is 32.6 Å². The molecule has 1 aromatic heterocycles. The van der Waals surface area contributed by atoms with E-state index in [1.807, 2.05) is 0 Å². The van der Waals surface area contributed by atoms with Crippen LogP contribution in [0.2, 0.25) is 0 Å². The SMILES string of the molecule is COc1ccnc(CSCC(O)CO)c1OC. The number of thioether (sulfide) groups is 1. The number of pyridine rings is 1. The Morgan fingerprint density at radius 1 is 1.41 bits per heavy atom. The number of hydrogen-bond acceptors (Lipinski definition) is 6. The molecule has 5 nitrogen and oxygen atoms in total. The van der Waals surface area contributed by atoms with Crippen LogP contribution in [0.1, 0.15) is 5.69 Å². The van der Waals surface area contributed by atoms with Gasteiger partial charge < -0.3 is 19.7 Å². The molecule has 0 radical (unpaired) electrons. The highest BCUT2D eigenvalue weighted by Crippen LogP contribution is 2.31. The molecule has 0 spiro atoms. The summed E-state index contributed by atoms with van der Waals surface area (Å²) in [4.78, 5) is 4.21. The topological polar surface area (TPSA) is 71.8 Å². The molecule has 2 N–H and O–H groups in total. The van der Waals surface area contributed by atoms with E-state index >= 15 is 0 Å². The van der Waals surface area contributed by atoms with Crippen molar-refractivity contribution in [2.24, 2.45) is 0 Å². The molecule has 17 heavy (non-hydrogen) atoms. The van der Waals surface area contributed by atoms with E-state index in [1.165, 1.54) is 11.8 Å². The van der Waals surface area contributed by atoms with Crippen LogP contribution in [0.4, 0.5) is 0 Å². The number of aliphatic hydroxyl groups excluding tert-OH is 2. The van der Waals surface area contributed by atoms with Crippen molar-refractivity contribution in [3.05, 3.63) is 18.0 Å². The van der Waals surface area contributed by atoms with Crippen LogP contribution in [0.3, 0.4) is 0 Å². The average Bonchev–Trinajstić information content (AvgIpc) is 2.37. The first-order chi connectivity index (χ1) is 8.22. The van der Waals surface area contributed by atoms with E-state index in [9.17, 15) is 5.11 Å². The van der Waals surface area contributed by atoms with Crippen molar-refractivity contribution in [3.8, 4) is 11.5 Å². The lowest BCUT2D eigenvalue weighted by atomic mass is 10.3. The van der Waals surface area contributed by atoms with Gasteiger partial charge in [-0.2, -0.15) is 11.8 Å². The van der Waals surface area contributed by atoms with Crippen molar-refractivity contribution in [3.63, 3.8) is 0 Å². The van der Waals surface area contributed by atoms with Gasteiger partial charge in [-0.15, -0.1) is 0 Å². The number of nitrogens with zero attached hydrogens (tertiary/aromatic N) is 1. The van der Waals surface area contributed by atoms with E-state index in [-0.39, 0.29) is 6.61 Å². The second-order valence-electron chi connectivity index (χ2n) is 3.34. The van der Waals surface area contributed by atoms with Gasteiger partial charge in [-0.3, -0.25) is 4.98 Å². The fourth-order valence-electron chi connectivity index (χ4n) is 1.30. The van der Waals surface area contributed by atoms with Crippen molar-refractivity contribution in [2.45, 2.75) is 11.9 Å². The van der Waals surface area contributed by atoms with Gasteiger partial charge in [0.1, 0.15) is 0 Å². The Kier molecular flexibility index (Phi) is 6.10. The molecule has 1 rings (SSSR count). The molecule has 0 aliphatic rings. The molecule has 0 bridgehead atoms. The van der Waals surface area contributed by atoms with E-state index < -0.39 is 6.10 Å². The summed E-state index contributed by atoms with van der Waals surface area (Å²) < 4.78 is 10.4. The van der Waals surface area contributed by atoms with Crippen LogP contribution in [0.15, 0.2) is 12.3 Å². The van der Waals surface area contributed by atoms with Gasteiger partial charge >= 0.3 is 0 Å². The van der Waals surface area contributed by atoms with Crippen LogP contribution < -0.4 is 9.47 Å². The number of rotatable bonds is 7. The normalized spacial score (nSPS) is 12.2. The maximum atomic E-state index is 9.22. The third-order valence-corrected chi connectivity index (χ3v) is 3.22. The molecule has 6 heteroatoms. The Bertz CT molecular complexity index is 348. The summed E-state index contributed by atoms with van der Waals surface area (Å²) in [5.41, 5.74) is 0.766. The van der Waals surface area contributed by atoms with Crippen molar-refractivity contribution in [1.29, 1.82) is 0 Å². The molecule has 0 amide bonds. The molecular weight excluding hydrogens is 242 g/mol. The molecule has 0 fully saturated rings. The second kappa shape index (κ2) is 7.37. The molecule has 0 aliphatic carbocycles. The molecule has 0 saturated heterocycles. The Labute approximate surface area is 105 Å². The maximum absolute atomic E-state index is 9.22. The summed E-state index contributed by atoms with van der Waals surface area (Å²) in [5.74, 6) is 2.30. The quantitative estimate of drug-likeness (QED) is 0.750. The lowest BCUT2D eigenvalue weighted by Crippen LogP contribution is -2.14. The minimum Gasteiger partial charge on any atom is -0.493 e. The van der Waals surface area contributed by atoms with Crippen LogP contribution in [0.5, 0.6) is 11.5 Å². The largest absolute Gasteiger partial charge is 0.493 e. The molecule has 0 saturated carbocycles. The lowest BCUT2D eigenvalue weighted by molar-refractivity contribution is 0.113. The smallest absolute Gasteiger partial charge is 0.183 e. The summed E-state index contributed by atoms with van der Waals surface area (Å²) in [6.45, 7) is -0.227.